The van der Waals surface area contributed by atoms with Gasteiger partial charge in [0.2, 0.25) is 0 Å². The van der Waals surface area contributed by atoms with Crippen LogP contribution in [-0.4, -0.2) is 33.3 Å². The Hall–Kier alpha value is -1.22. The van der Waals surface area contributed by atoms with Crippen LogP contribution in [0.4, 0.5) is 5.69 Å². The quantitative estimate of drug-likeness (QED) is 0.702. The van der Waals surface area contributed by atoms with Gasteiger partial charge in [0.25, 0.3) is 0 Å². The summed E-state index contributed by atoms with van der Waals surface area (Å²) in [6.07, 6.45) is 6.30. The van der Waals surface area contributed by atoms with Gasteiger partial charge in [0.05, 0.1) is 6.61 Å². The molecular formula is C18H30N2O. The summed E-state index contributed by atoms with van der Waals surface area (Å²) >= 11 is 0. The molecule has 0 spiro atoms. The Kier molecular flexibility index (Phi) is 6.87. The molecule has 3 heteroatoms. The molecule has 1 aromatic rings. The Morgan fingerprint density at radius 2 is 2.19 bits per heavy atom. The van der Waals surface area contributed by atoms with Crippen LogP contribution in [0.2, 0.25) is 0 Å². The number of unbranched alkanes of at least 4 members (excludes halogenated alkanes) is 3. The van der Waals surface area contributed by atoms with E-state index in [1.807, 2.05) is 7.05 Å². The van der Waals surface area contributed by atoms with E-state index >= 15 is 0 Å². The summed E-state index contributed by atoms with van der Waals surface area (Å²) in [5.41, 5.74) is 1.31. The number of anilines is 1. The van der Waals surface area contributed by atoms with Crippen molar-refractivity contribution in [1.82, 2.24) is 5.32 Å². The number of rotatable bonds is 9. The molecule has 2 rings (SSSR count). The van der Waals surface area contributed by atoms with Gasteiger partial charge < -0.3 is 15.0 Å². The monoisotopic (exact) mass is 290 g/mol. The van der Waals surface area contributed by atoms with Crippen molar-refractivity contribution in [2.75, 3.05) is 38.2 Å². The van der Waals surface area contributed by atoms with E-state index < -0.39 is 0 Å². The largest absolute Gasteiger partial charge is 0.494 e. The van der Waals surface area contributed by atoms with Gasteiger partial charge >= 0.3 is 0 Å². The molecule has 1 unspecified atom stereocenters. The molecule has 118 valence electrons. The van der Waals surface area contributed by atoms with E-state index in [2.05, 4.69) is 41.4 Å². The van der Waals surface area contributed by atoms with Crippen LogP contribution in [0.15, 0.2) is 24.3 Å². The predicted molar refractivity (Wildman–Crippen MR) is 90.3 cm³/mol. The van der Waals surface area contributed by atoms with Crippen LogP contribution in [0.1, 0.15) is 39.0 Å². The Morgan fingerprint density at radius 1 is 1.29 bits per heavy atom. The van der Waals surface area contributed by atoms with Crippen LogP contribution in [0, 0.1) is 5.92 Å². The van der Waals surface area contributed by atoms with Crippen LogP contribution < -0.4 is 15.0 Å². The summed E-state index contributed by atoms with van der Waals surface area (Å²) in [6, 6.07) is 8.58. The molecule has 3 nitrogen and oxygen atoms in total. The lowest BCUT2D eigenvalue weighted by molar-refractivity contribution is 0.305. The maximum atomic E-state index is 5.89. The lowest BCUT2D eigenvalue weighted by atomic mass is 10.1. The lowest BCUT2D eigenvalue weighted by Gasteiger charge is -2.19. The van der Waals surface area contributed by atoms with Crippen molar-refractivity contribution in [3.8, 4) is 5.75 Å². The lowest BCUT2D eigenvalue weighted by Crippen LogP contribution is -2.24. The van der Waals surface area contributed by atoms with Crippen LogP contribution >= 0.6 is 0 Å². The summed E-state index contributed by atoms with van der Waals surface area (Å²) < 4.78 is 5.89. The van der Waals surface area contributed by atoms with Crippen molar-refractivity contribution in [2.45, 2.75) is 39.0 Å². The van der Waals surface area contributed by atoms with Gasteiger partial charge in [0.1, 0.15) is 5.75 Å². The van der Waals surface area contributed by atoms with Gasteiger partial charge in [-0.1, -0.05) is 32.3 Å². The molecule has 0 aromatic heterocycles. The zero-order chi connectivity index (χ0) is 14.9. The third-order valence-electron chi connectivity index (χ3n) is 4.23. The van der Waals surface area contributed by atoms with Crippen molar-refractivity contribution >= 4 is 5.69 Å². The van der Waals surface area contributed by atoms with Gasteiger partial charge in [0, 0.05) is 24.8 Å². The molecule has 1 atom stereocenters. The number of hydrogen-bond acceptors (Lipinski definition) is 3. The number of hydrogen-bond donors (Lipinski definition) is 1. The molecular weight excluding hydrogens is 260 g/mol. The van der Waals surface area contributed by atoms with E-state index in [0.717, 1.165) is 44.3 Å². The standard InChI is InChI=1S/C18H30N2O/c1-3-4-5-6-12-21-18-9-7-8-17(13-18)20-11-10-16(15-20)14-19-2/h7-9,13,16,19H,3-6,10-12,14-15H2,1-2H3. The molecule has 1 fully saturated rings. The highest BCUT2D eigenvalue weighted by Gasteiger charge is 2.22. The topological polar surface area (TPSA) is 24.5 Å². The molecule has 1 aliphatic heterocycles. The van der Waals surface area contributed by atoms with Gasteiger partial charge in [-0.2, -0.15) is 0 Å². The average molecular weight is 290 g/mol. The van der Waals surface area contributed by atoms with Gasteiger partial charge in [0.15, 0.2) is 0 Å². The first-order valence-electron chi connectivity index (χ1n) is 8.46. The van der Waals surface area contributed by atoms with Crippen LogP contribution in [-0.2, 0) is 0 Å². The summed E-state index contributed by atoms with van der Waals surface area (Å²) in [4.78, 5) is 2.48. The molecule has 1 N–H and O–H groups in total. The fourth-order valence-electron chi connectivity index (χ4n) is 3.01. The van der Waals surface area contributed by atoms with Crippen molar-refractivity contribution in [2.24, 2.45) is 5.92 Å². The number of ether oxygens (including phenoxy) is 1. The Morgan fingerprint density at radius 3 is 3.00 bits per heavy atom. The molecule has 21 heavy (non-hydrogen) atoms. The molecule has 0 amide bonds. The highest BCUT2D eigenvalue weighted by atomic mass is 16.5. The van der Waals surface area contributed by atoms with Crippen molar-refractivity contribution in [1.29, 1.82) is 0 Å². The molecule has 0 radical (unpaired) electrons. The fraction of sp³-hybridized carbons (Fsp3) is 0.667. The Bertz CT molecular complexity index is 408. The molecule has 1 aromatic carbocycles. The molecule has 0 bridgehead atoms. The van der Waals surface area contributed by atoms with E-state index in [1.54, 1.807) is 0 Å². The highest BCUT2D eigenvalue weighted by molar-refractivity contribution is 5.51. The minimum Gasteiger partial charge on any atom is -0.494 e. The fourth-order valence-corrected chi connectivity index (χ4v) is 3.01. The van der Waals surface area contributed by atoms with E-state index in [0.29, 0.717) is 0 Å². The van der Waals surface area contributed by atoms with E-state index in [1.165, 1.54) is 31.4 Å². The van der Waals surface area contributed by atoms with Crippen molar-refractivity contribution in [3.05, 3.63) is 24.3 Å². The number of nitrogens with zero attached hydrogens (tertiary/aromatic N) is 1. The third kappa shape index (κ3) is 5.24. The van der Waals surface area contributed by atoms with Gasteiger partial charge in [-0.05, 0) is 44.5 Å². The minimum absolute atomic E-state index is 0.772. The van der Waals surface area contributed by atoms with Gasteiger partial charge in [-0.15, -0.1) is 0 Å². The summed E-state index contributed by atoms with van der Waals surface area (Å²) in [5, 5.41) is 3.29. The van der Waals surface area contributed by atoms with E-state index in [-0.39, 0.29) is 0 Å². The Balaban J connectivity index is 1.81. The third-order valence-corrected chi connectivity index (χ3v) is 4.23. The SMILES string of the molecule is CCCCCCOc1cccc(N2CCC(CNC)C2)c1. The second-order valence-corrected chi connectivity index (χ2v) is 6.06. The maximum absolute atomic E-state index is 5.89. The van der Waals surface area contributed by atoms with E-state index in [9.17, 15) is 0 Å². The second kappa shape index (κ2) is 8.93. The maximum Gasteiger partial charge on any atom is 0.121 e. The van der Waals surface area contributed by atoms with Crippen LogP contribution in [0.5, 0.6) is 5.75 Å². The van der Waals surface area contributed by atoms with Crippen LogP contribution in [0.3, 0.4) is 0 Å². The van der Waals surface area contributed by atoms with E-state index in [4.69, 9.17) is 4.74 Å². The highest BCUT2D eigenvalue weighted by Crippen LogP contribution is 2.26. The molecule has 0 saturated carbocycles. The summed E-state index contributed by atoms with van der Waals surface area (Å²) in [5.74, 6) is 1.79. The molecule has 1 aliphatic rings. The van der Waals surface area contributed by atoms with Gasteiger partial charge in [-0.25, -0.2) is 0 Å². The molecule has 0 aliphatic carbocycles. The summed E-state index contributed by atoms with van der Waals surface area (Å²) in [6.45, 7) is 6.50. The first-order chi connectivity index (χ1) is 10.3. The number of benzene rings is 1. The zero-order valence-corrected chi connectivity index (χ0v) is 13.6. The van der Waals surface area contributed by atoms with Crippen molar-refractivity contribution < 1.29 is 4.74 Å². The van der Waals surface area contributed by atoms with Gasteiger partial charge in [-0.3, -0.25) is 0 Å². The molecule has 1 saturated heterocycles. The molecule has 1 heterocycles. The minimum atomic E-state index is 0.772. The zero-order valence-electron chi connectivity index (χ0n) is 13.6. The predicted octanol–water partition coefficient (Wildman–Crippen LogP) is 3.69. The van der Waals surface area contributed by atoms with Crippen LogP contribution in [0.25, 0.3) is 0 Å². The summed E-state index contributed by atoms with van der Waals surface area (Å²) in [7, 11) is 2.04. The first kappa shape index (κ1) is 16.2. The average Bonchev–Trinajstić information content (AvgIpc) is 2.97. The number of nitrogens with one attached hydrogen (secondary N) is 1. The van der Waals surface area contributed by atoms with Crippen molar-refractivity contribution in [3.63, 3.8) is 0 Å². The smallest absolute Gasteiger partial charge is 0.121 e. The Labute approximate surface area is 129 Å². The first-order valence-corrected chi connectivity index (χ1v) is 8.46. The second-order valence-electron chi connectivity index (χ2n) is 6.06. The normalized spacial score (nSPS) is 18.2.